The van der Waals surface area contributed by atoms with Gasteiger partial charge in [-0.1, -0.05) is 30.3 Å². The van der Waals surface area contributed by atoms with Crippen molar-refractivity contribution in [2.24, 2.45) is 5.92 Å². The van der Waals surface area contributed by atoms with Gasteiger partial charge in [0.15, 0.2) is 5.79 Å². The molecule has 1 atom stereocenters. The van der Waals surface area contributed by atoms with E-state index < -0.39 is 0 Å². The Morgan fingerprint density at radius 1 is 1.24 bits per heavy atom. The van der Waals surface area contributed by atoms with Gasteiger partial charge in [-0.15, -0.1) is 6.58 Å². The molecule has 1 heterocycles. The molecule has 2 heteroatoms. The topological polar surface area (TPSA) is 18.5 Å². The molecule has 0 unspecified atom stereocenters. The lowest BCUT2D eigenvalue weighted by Crippen LogP contribution is -2.45. The predicted octanol–water partition coefficient (Wildman–Crippen LogP) is 2.72. The van der Waals surface area contributed by atoms with Crippen LogP contribution in [0.4, 0.5) is 0 Å². The molecule has 1 fully saturated rings. The average Bonchev–Trinajstić information content (AvgIpc) is 2.80. The summed E-state index contributed by atoms with van der Waals surface area (Å²) in [6, 6.07) is 8.60. The summed E-state index contributed by atoms with van der Waals surface area (Å²) in [7, 11) is 0. The highest BCUT2D eigenvalue weighted by Crippen LogP contribution is 2.41. The highest BCUT2D eigenvalue weighted by atomic mass is 16.7. The maximum atomic E-state index is 5.93. The summed E-state index contributed by atoms with van der Waals surface area (Å²) in [4.78, 5) is 0. The zero-order valence-corrected chi connectivity index (χ0v) is 10.0. The SMILES string of the molecule is C=CC[C@H]1Cc2ccccc2CC12OCCO2. The van der Waals surface area contributed by atoms with Crippen LogP contribution in [0.1, 0.15) is 17.5 Å². The normalized spacial score (nSPS) is 25.8. The van der Waals surface area contributed by atoms with Gasteiger partial charge in [-0.2, -0.15) is 0 Å². The van der Waals surface area contributed by atoms with Crippen LogP contribution in [-0.4, -0.2) is 19.0 Å². The molecule has 0 aromatic heterocycles. The van der Waals surface area contributed by atoms with Gasteiger partial charge < -0.3 is 9.47 Å². The van der Waals surface area contributed by atoms with Crippen LogP contribution in [0, 0.1) is 5.92 Å². The zero-order chi connectivity index (χ0) is 11.7. The van der Waals surface area contributed by atoms with Gasteiger partial charge in [0.2, 0.25) is 0 Å². The van der Waals surface area contributed by atoms with Crippen LogP contribution < -0.4 is 0 Å². The smallest absolute Gasteiger partial charge is 0.175 e. The molecule has 1 saturated heterocycles. The second-order valence-corrected chi connectivity index (χ2v) is 4.88. The van der Waals surface area contributed by atoms with E-state index in [1.165, 1.54) is 11.1 Å². The second-order valence-electron chi connectivity index (χ2n) is 4.88. The minimum absolute atomic E-state index is 0.386. The van der Waals surface area contributed by atoms with Crippen molar-refractivity contribution in [1.29, 1.82) is 0 Å². The number of ether oxygens (including phenoxy) is 2. The summed E-state index contributed by atoms with van der Waals surface area (Å²) in [5.41, 5.74) is 2.80. The Labute approximate surface area is 102 Å². The third-order valence-electron chi connectivity index (χ3n) is 3.87. The summed E-state index contributed by atoms with van der Waals surface area (Å²) in [5.74, 6) is 0.0140. The first-order valence-electron chi connectivity index (χ1n) is 6.30. The van der Waals surface area contributed by atoms with E-state index >= 15 is 0 Å². The van der Waals surface area contributed by atoms with Crippen molar-refractivity contribution in [2.75, 3.05) is 13.2 Å². The molecule has 0 radical (unpaired) electrons. The van der Waals surface area contributed by atoms with Crippen molar-refractivity contribution in [1.82, 2.24) is 0 Å². The van der Waals surface area contributed by atoms with Crippen LogP contribution in [-0.2, 0) is 22.3 Å². The van der Waals surface area contributed by atoms with Crippen molar-refractivity contribution in [3.63, 3.8) is 0 Å². The van der Waals surface area contributed by atoms with Crippen LogP contribution in [0.15, 0.2) is 36.9 Å². The maximum absolute atomic E-state index is 5.93. The minimum atomic E-state index is -0.386. The lowest BCUT2D eigenvalue weighted by atomic mass is 9.77. The van der Waals surface area contributed by atoms with Crippen LogP contribution in [0.3, 0.4) is 0 Å². The van der Waals surface area contributed by atoms with Gasteiger partial charge in [-0.3, -0.25) is 0 Å². The van der Waals surface area contributed by atoms with E-state index in [4.69, 9.17) is 9.47 Å². The van der Waals surface area contributed by atoms with Crippen LogP contribution in [0.25, 0.3) is 0 Å². The first-order valence-corrected chi connectivity index (χ1v) is 6.30. The molecule has 1 aromatic carbocycles. The Bertz CT molecular complexity index is 419. The Kier molecular flexibility index (Phi) is 2.77. The molecule has 3 rings (SSSR count). The van der Waals surface area contributed by atoms with Gasteiger partial charge in [0.25, 0.3) is 0 Å². The van der Waals surface area contributed by atoms with Gasteiger partial charge >= 0.3 is 0 Å². The maximum Gasteiger partial charge on any atom is 0.175 e. The van der Waals surface area contributed by atoms with E-state index in [0.717, 1.165) is 32.5 Å². The summed E-state index contributed by atoms with van der Waals surface area (Å²) < 4.78 is 11.9. The Morgan fingerprint density at radius 2 is 1.94 bits per heavy atom. The fourth-order valence-electron chi connectivity index (χ4n) is 3.03. The van der Waals surface area contributed by atoms with Crippen molar-refractivity contribution < 1.29 is 9.47 Å². The van der Waals surface area contributed by atoms with Gasteiger partial charge in [0, 0.05) is 12.3 Å². The first-order chi connectivity index (χ1) is 8.34. The molecule has 90 valence electrons. The van der Waals surface area contributed by atoms with Crippen molar-refractivity contribution in [2.45, 2.75) is 25.0 Å². The lowest BCUT2D eigenvalue weighted by molar-refractivity contribution is -0.197. The number of benzene rings is 1. The summed E-state index contributed by atoms with van der Waals surface area (Å²) >= 11 is 0. The van der Waals surface area contributed by atoms with Gasteiger partial charge in [-0.05, 0) is 24.0 Å². The highest BCUT2D eigenvalue weighted by molar-refractivity contribution is 5.32. The molecule has 0 saturated carbocycles. The zero-order valence-electron chi connectivity index (χ0n) is 10.0. The van der Waals surface area contributed by atoms with Gasteiger partial charge in [0.1, 0.15) is 0 Å². The number of allylic oxidation sites excluding steroid dienone is 1. The molecule has 1 spiro atoms. The summed E-state index contributed by atoms with van der Waals surface area (Å²) in [6.07, 6.45) is 4.84. The second kappa shape index (κ2) is 4.28. The molecule has 17 heavy (non-hydrogen) atoms. The van der Waals surface area contributed by atoms with E-state index in [2.05, 4.69) is 30.8 Å². The fraction of sp³-hybridized carbons (Fsp3) is 0.467. The molecular formula is C15H18O2. The largest absolute Gasteiger partial charge is 0.347 e. The Hall–Kier alpha value is -1.12. The third kappa shape index (κ3) is 1.81. The standard InChI is InChI=1S/C15H18O2/c1-2-5-14-10-12-6-3-4-7-13(12)11-15(14)16-8-9-17-15/h2-4,6-7,14H,1,5,8-11H2/t14-/m0/s1. The molecule has 1 aliphatic heterocycles. The van der Waals surface area contributed by atoms with Crippen LogP contribution in [0.2, 0.25) is 0 Å². The number of rotatable bonds is 2. The van der Waals surface area contributed by atoms with Gasteiger partial charge in [-0.25, -0.2) is 0 Å². The average molecular weight is 230 g/mol. The van der Waals surface area contributed by atoms with Crippen molar-refractivity contribution in [3.05, 3.63) is 48.0 Å². The van der Waals surface area contributed by atoms with Crippen molar-refractivity contribution in [3.8, 4) is 0 Å². The summed E-state index contributed by atoms with van der Waals surface area (Å²) in [6.45, 7) is 5.29. The number of hydrogen-bond acceptors (Lipinski definition) is 2. The van der Waals surface area contributed by atoms with Gasteiger partial charge in [0.05, 0.1) is 13.2 Å². The first kappa shape index (κ1) is 11.0. The third-order valence-corrected chi connectivity index (χ3v) is 3.87. The molecule has 0 bridgehead atoms. The Balaban J connectivity index is 1.96. The summed E-state index contributed by atoms with van der Waals surface area (Å²) in [5, 5.41) is 0. The van der Waals surface area contributed by atoms with Crippen LogP contribution in [0.5, 0.6) is 0 Å². The molecule has 0 N–H and O–H groups in total. The molecule has 0 amide bonds. The van der Waals surface area contributed by atoms with E-state index in [9.17, 15) is 0 Å². The molecular weight excluding hydrogens is 212 g/mol. The monoisotopic (exact) mass is 230 g/mol. The van der Waals surface area contributed by atoms with E-state index in [-0.39, 0.29) is 5.79 Å². The van der Waals surface area contributed by atoms with Crippen LogP contribution >= 0.6 is 0 Å². The quantitative estimate of drug-likeness (QED) is 0.727. The Morgan fingerprint density at radius 3 is 2.65 bits per heavy atom. The highest BCUT2D eigenvalue weighted by Gasteiger charge is 2.46. The van der Waals surface area contributed by atoms with Crippen molar-refractivity contribution >= 4 is 0 Å². The number of hydrogen-bond donors (Lipinski definition) is 0. The van der Waals surface area contributed by atoms with E-state index in [0.29, 0.717) is 5.92 Å². The van der Waals surface area contributed by atoms with E-state index in [1.54, 1.807) is 0 Å². The number of fused-ring (bicyclic) bond motifs is 1. The predicted molar refractivity (Wildman–Crippen MR) is 66.8 cm³/mol. The molecule has 1 aromatic rings. The minimum Gasteiger partial charge on any atom is -0.347 e. The molecule has 2 aliphatic rings. The molecule has 1 aliphatic carbocycles. The fourth-order valence-corrected chi connectivity index (χ4v) is 3.03. The lowest BCUT2D eigenvalue weighted by Gasteiger charge is -2.40. The van der Waals surface area contributed by atoms with E-state index in [1.807, 2.05) is 6.08 Å². The molecule has 2 nitrogen and oxygen atoms in total.